The molecule has 1 aliphatic heterocycles. The van der Waals surface area contributed by atoms with Gasteiger partial charge in [0.1, 0.15) is 11.6 Å². The Morgan fingerprint density at radius 3 is 3.16 bits per heavy atom. The van der Waals surface area contributed by atoms with Crippen LogP contribution < -0.4 is 5.32 Å². The average molecular weight is 274 g/mol. The largest absolute Gasteiger partial charge is 0.373 e. The minimum Gasteiger partial charge on any atom is -0.373 e. The first kappa shape index (κ1) is 12.6. The molecule has 1 aliphatic rings. The summed E-state index contributed by atoms with van der Waals surface area (Å²) in [6, 6.07) is 4.21. The van der Waals surface area contributed by atoms with Gasteiger partial charge >= 0.3 is 0 Å². The molecule has 19 heavy (non-hydrogen) atoms. The summed E-state index contributed by atoms with van der Waals surface area (Å²) < 4.78 is 0. The third kappa shape index (κ3) is 2.77. The van der Waals surface area contributed by atoms with Crippen LogP contribution in [0.25, 0.3) is 0 Å². The van der Waals surface area contributed by atoms with Gasteiger partial charge in [-0.25, -0.2) is 9.97 Å². The van der Waals surface area contributed by atoms with Crippen LogP contribution in [-0.4, -0.2) is 28.5 Å². The highest BCUT2D eigenvalue weighted by atomic mass is 32.1. The first-order valence-corrected chi connectivity index (χ1v) is 7.42. The van der Waals surface area contributed by atoms with E-state index in [9.17, 15) is 0 Å². The maximum Gasteiger partial charge on any atom is 0.144 e. The fourth-order valence-corrected chi connectivity index (χ4v) is 3.36. The van der Waals surface area contributed by atoms with Crippen molar-refractivity contribution >= 4 is 17.2 Å². The average Bonchev–Trinajstić information content (AvgIpc) is 2.85. The molecule has 0 unspecified atom stereocenters. The molecule has 0 saturated carbocycles. The number of rotatable bonds is 3. The lowest BCUT2D eigenvalue weighted by Crippen LogP contribution is -2.30. The number of nitrogens with zero attached hydrogens (tertiary/aromatic N) is 3. The van der Waals surface area contributed by atoms with Gasteiger partial charge in [0.25, 0.3) is 0 Å². The van der Waals surface area contributed by atoms with Crippen LogP contribution in [0.4, 0.5) is 5.82 Å². The molecule has 0 aliphatic carbocycles. The minimum atomic E-state index is 0.825. The summed E-state index contributed by atoms with van der Waals surface area (Å²) in [5.74, 6) is 1.80. The van der Waals surface area contributed by atoms with Crippen molar-refractivity contribution in [3.8, 4) is 0 Å². The Morgan fingerprint density at radius 1 is 1.42 bits per heavy atom. The van der Waals surface area contributed by atoms with Gasteiger partial charge in [0.05, 0.1) is 6.54 Å². The highest BCUT2D eigenvalue weighted by molar-refractivity contribution is 7.10. The number of hydrogen-bond acceptors (Lipinski definition) is 5. The van der Waals surface area contributed by atoms with Crippen molar-refractivity contribution in [2.24, 2.45) is 0 Å². The van der Waals surface area contributed by atoms with Gasteiger partial charge in [-0.05, 0) is 30.4 Å². The molecule has 5 heteroatoms. The summed E-state index contributed by atoms with van der Waals surface area (Å²) in [5.41, 5.74) is 2.49. The van der Waals surface area contributed by atoms with Crippen LogP contribution in [0.3, 0.4) is 0 Å². The Balaban J connectivity index is 1.74. The number of fused-ring (bicyclic) bond motifs is 1. The molecule has 0 amide bonds. The van der Waals surface area contributed by atoms with Crippen LogP contribution in [0.15, 0.2) is 17.5 Å². The number of nitrogens with one attached hydrogen (secondary N) is 1. The van der Waals surface area contributed by atoms with Gasteiger partial charge < -0.3 is 5.32 Å². The second kappa shape index (κ2) is 5.27. The van der Waals surface area contributed by atoms with Crippen molar-refractivity contribution in [2.75, 3.05) is 18.9 Å². The number of aromatic nitrogens is 2. The zero-order valence-electron chi connectivity index (χ0n) is 11.3. The van der Waals surface area contributed by atoms with E-state index in [-0.39, 0.29) is 0 Å². The molecular weight excluding hydrogens is 256 g/mol. The van der Waals surface area contributed by atoms with Crippen molar-refractivity contribution in [1.82, 2.24) is 14.9 Å². The predicted molar refractivity (Wildman–Crippen MR) is 78.5 cm³/mol. The van der Waals surface area contributed by atoms with Gasteiger partial charge in [0, 0.05) is 36.8 Å². The van der Waals surface area contributed by atoms with Crippen molar-refractivity contribution in [1.29, 1.82) is 0 Å². The first-order valence-electron chi connectivity index (χ1n) is 6.54. The summed E-state index contributed by atoms with van der Waals surface area (Å²) in [7, 11) is 1.89. The van der Waals surface area contributed by atoms with Crippen LogP contribution >= 0.6 is 11.3 Å². The van der Waals surface area contributed by atoms with Gasteiger partial charge in [0.2, 0.25) is 0 Å². The topological polar surface area (TPSA) is 41.1 Å². The lowest BCUT2D eigenvalue weighted by Gasteiger charge is -2.26. The van der Waals surface area contributed by atoms with E-state index >= 15 is 0 Å². The van der Waals surface area contributed by atoms with Crippen LogP contribution in [0.5, 0.6) is 0 Å². The molecule has 3 rings (SSSR count). The van der Waals surface area contributed by atoms with Crippen molar-refractivity contribution in [3.05, 3.63) is 39.5 Å². The standard InChI is InChI=1S/C14H18N4S/c1-10-7-13(15-2)17-14(16-10)9-18-5-3-12-11(8-18)4-6-19-12/h4,6-7H,3,5,8-9H2,1-2H3,(H,15,16,17). The molecular formula is C14H18N4S. The van der Waals surface area contributed by atoms with Crippen molar-refractivity contribution in [2.45, 2.75) is 26.4 Å². The molecule has 2 aromatic rings. The van der Waals surface area contributed by atoms with E-state index in [1.165, 1.54) is 10.4 Å². The number of aryl methyl sites for hydroxylation is 1. The Morgan fingerprint density at radius 2 is 2.32 bits per heavy atom. The van der Waals surface area contributed by atoms with E-state index < -0.39 is 0 Å². The van der Waals surface area contributed by atoms with E-state index in [1.807, 2.05) is 31.4 Å². The third-order valence-corrected chi connectivity index (χ3v) is 4.43. The Hall–Kier alpha value is -1.46. The molecule has 0 fully saturated rings. The number of thiophene rings is 1. The Labute approximate surface area is 117 Å². The van der Waals surface area contributed by atoms with Gasteiger partial charge in [-0.15, -0.1) is 11.3 Å². The zero-order chi connectivity index (χ0) is 13.2. The van der Waals surface area contributed by atoms with E-state index in [4.69, 9.17) is 0 Å². The molecule has 0 radical (unpaired) electrons. The first-order chi connectivity index (χ1) is 9.24. The van der Waals surface area contributed by atoms with Gasteiger partial charge in [0.15, 0.2) is 0 Å². The molecule has 4 nitrogen and oxygen atoms in total. The lowest BCUT2D eigenvalue weighted by atomic mass is 10.1. The van der Waals surface area contributed by atoms with Crippen LogP contribution in [-0.2, 0) is 19.5 Å². The summed E-state index contributed by atoms with van der Waals surface area (Å²) in [5, 5.41) is 5.28. The van der Waals surface area contributed by atoms with Crippen LogP contribution in [0, 0.1) is 6.92 Å². The molecule has 2 aromatic heterocycles. The zero-order valence-corrected chi connectivity index (χ0v) is 12.1. The van der Waals surface area contributed by atoms with E-state index in [0.717, 1.165) is 43.4 Å². The highest BCUT2D eigenvalue weighted by Gasteiger charge is 2.18. The predicted octanol–water partition coefficient (Wildman–Crippen LogP) is 2.45. The third-order valence-electron chi connectivity index (χ3n) is 3.41. The molecule has 3 heterocycles. The molecule has 0 aromatic carbocycles. The van der Waals surface area contributed by atoms with E-state index in [2.05, 4.69) is 31.6 Å². The molecule has 0 saturated heterocycles. The van der Waals surface area contributed by atoms with Gasteiger partial charge in [-0.3, -0.25) is 4.90 Å². The summed E-state index contributed by atoms with van der Waals surface area (Å²) >= 11 is 1.87. The molecule has 0 bridgehead atoms. The highest BCUT2D eigenvalue weighted by Crippen LogP contribution is 2.24. The lowest BCUT2D eigenvalue weighted by molar-refractivity contribution is 0.241. The summed E-state index contributed by atoms with van der Waals surface area (Å²) in [4.78, 5) is 13.0. The SMILES string of the molecule is CNc1cc(C)nc(CN2CCc3sccc3C2)n1. The fraction of sp³-hybridized carbons (Fsp3) is 0.429. The minimum absolute atomic E-state index is 0.825. The molecule has 0 atom stereocenters. The quantitative estimate of drug-likeness (QED) is 0.933. The van der Waals surface area contributed by atoms with Gasteiger partial charge in [-0.1, -0.05) is 0 Å². The maximum atomic E-state index is 4.53. The fourth-order valence-electron chi connectivity index (χ4n) is 2.47. The van der Waals surface area contributed by atoms with Crippen LogP contribution in [0.1, 0.15) is 22.0 Å². The Kier molecular flexibility index (Phi) is 3.48. The van der Waals surface area contributed by atoms with E-state index in [0.29, 0.717) is 0 Å². The summed E-state index contributed by atoms with van der Waals surface area (Å²) in [6.07, 6.45) is 1.15. The summed E-state index contributed by atoms with van der Waals surface area (Å²) in [6.45, 7) is 4.95. The van der Waals surface area contributed by atoms with E-state index in [1.54, 1.807) is 0 Å². The van der Waals surface area contributed by atoms with Gasteiger partial charge in [-0.2, -0.15) is 0 Å². The number of hydrogen-bond donors (Lipinski definition) is 1. The van der Waals surface area contributed by atoms with Crippen molar-refractivity contribution < 1.29 is 0 Å². The smallest absolute Gasteiger partial charge is 0.144 e. The Bertz CT molecular complexity index is 579. The number of anilines is 1. The van der Waals surface area contributed by atoms with Crippen molar-refractivity contribution in [3.63, 3.8) is 0 Å². The maximum absolute atomic E-state index is 4.53. The second-order valence-electron chi connectivity index (χ2n) is 4.89. The van der Waals surface area contributed by atoms with Crippen LogP contribution in [0.2, 0.25) is 0 Å². The normalized spacial score (nSPS) is 15.3. The molecule has 100 valence electrons. The molecule has 1 N–H and O–H groups in total. The second-order valence-corrected chi connectivity index (χ2v) is 5.89. The molecule has 0 spiro atoms. The monoisotopic (exact) mass is 274 g/mol.